The van der Waals surface area contributed by atoms with Crippen molar-refractivity contribution >= 4 is 5.69 Å². The summed E-state index contributed by atoms with van der Waals surface area (Å²) in [7, 11) is 5.15. The number of aryl methyl sites for hydroxylation is 1. The van der Waals surface area contributed by atoms with Crippen molar-refractivity contribution in [2.24, 2.45) is 11.3 Å². The number of benzene rings is 3. The number of hydrogen-bond acceptors (Lipinski definition) is 5. The summed E-state index contributed by atoms with van der Waals surface area (Å²) in [4.78, 5) is 2.21. The molecule has 0 aromatic heterocycles. The zero-order valence-corrected chi connectivity index (χ0v) is 27.2. The Labute approximate surface area is 262 Å². The third-order valence-electron chi connectivity index (χ3n) is 10.3. The number of anilines is 1. The van der Waals surface area contributed by atoms with Crippen LogP contribution in [-0.2, 0) is 15.9 Å². The van der Waals surface area contributed by atoms with Crippen LogP contribution < -0.4 is 14.4 Å². The zero-order valence-electron chi connectivity index (χ0n) is 27.2. The average Bonchev–Trinajstić information content (AvgIpc) is 3.00. The minimum absolute atomic E-state index is 0.0330. The van der Waals surface area contributed by atoms with Gasteiger partial charge in [0.1, 0.15) is 22.9 Å². The molecule has 3 aromatic rings. The zero-order chi connectivity index (χ0) is 31.1. The Bertz CT molecular complexity index is 1430. The third-order valence-corrected chi connectivity index (χ3v) is 10.3. The SMILES string of the molecule is COc1cc(N2CCC3(CC2)CC(C(OC)OC)C3)c(F)cc1[C@@H]1c2ccc(OC(C)(C)C)cc2CC[C@@H]1c1ccccc1. The summed E-state index contributed by atoms with van der Waals surface area (Å²) < 4.78 is 39.6. The first kappa shape index (κ1) is 30.9. The summed E-state index contributed by atoms with van der Waals surface area (Å²) in [5, 5.41) is 0. The van der Waals surface area contributed by atoms with E-state index in [4.69, 9.17) is 18.9 Å². The van der Waals surface area contributed by atoms with Crippen LogP contribution in [0.15, 0.2) is 60.7 Å². The summed E-state index contributed by atoms with van der Waals surface area (Å²) in [5.74, 6) is 2.08. The van der Waals surface area contributed by atoms with Crippen LogP contribution in [0.3, 0.4) is 0 Å². The van der Waals surface area contributed by atoms with E-state index < -0.39 is 0 Å². The van der Waals surface area contributed by atoms with Crippen molar-refractivity contribution in [3.63, 3.8) is 0 Å². The van der Waals surface area contributed by atoms with Gasteiger partial charge in [-0.15, -0.1) is 0 Å². The van der Waals surface area contributed by atoms with Gasteiger partial charge in [0, 0.05) is 50.8 Å². The molecule has 3 aliphatic rings. The number of fused-ring (bicyclic) bond motifs is 1. The van der Waals surface area contributed by atoms with Crippen molar-refractivity contribution in [3.05, 3.63) is 88.7 Å². The van der Waals surface area contributed by atoms with Crippen molar-refractivity contribution in [1.29, 1.82) is 0 Å². The maximum atomic E-state index is 16.3. The van der Waals surface area contributed by atoms with E-state index in [0.717, 1.165) is 68.7 Å². The quantitative estimate of drug-likeness (QED) is 0.242. The van der Waals surface area contributed by atoms with Gasteiger partial charge in [-0.2, -0.15) is 0 Å². The van der Waals surface area contributed by atoms with E-state index in [-0.39, 0.29) is 29.5 Å². The van der Waals surface area contributed by atoms with E-state index in [0.29, 0.717) is 17.0 Å². The lowest BCUT2D eigenvalue weighted by Gasteiger charge is -2.54. The number of rotatable bonds is 8. The first-order chi connectivity index (χ1) is 21.1. The highest BCUT2D eigenvalue weighted by Crippen LogP contribution is 2.55. The lowest BCUT2D eigenvalue weighted by molar-refractivity contribution is -0.184. The van der Waals surface area contributed by atoms with Crippen molar-refractivity contribution in [1.82, 2.24) is 0 Å². The Hall–Kier alpha value is -3.09. The van der Waals surface area contributed by atoms with Crippen LogP contribution in [-0.4, -0.2) is 46.3 Å². The molecule has 0 unspecified atom stereocenters. The Balaban J connectivity index is 1.30. The smallest absolute Gasteiger partial charge is 0.159 e. The molecular formula is C38H48FNO4. The second kappa shape index (κ2) is 12.4. The van der Waals surface area contributed by atoms with Crippen molar-refractivity contribution in [2.45, 2.75) is 83.0 Å². The van der Waals surface area contributed by atoms with Gasteiger partial charge in [-0.3, -0.25) is 0 Å². The largest absolute Gasteiger partial charge is 0.496 e. The van der Waals surface area contributed by atoms with Crippen LogP contribution in [0.25, 0.3) is 0 Å². The summed E-state index contributed by atoms with van der Waals surface area (Å²) in [6.45, 7) is 7.88. The fraction of sp³-hybridized carbons (Fsp3) is 0.526. The molecule has 1 spiro atoms. The molecule has 0 amide bonds. The number of hydrogen-bond donors (Lipinski definition) is 0. The molecule has 3 aromatic carbocycles. The fourth-order valence-corrected chi connectivity index (χ4v) is 8.23. The number of ether oxygens (including phenoxy) is 4. The maximum Gasteiger partial charge on any atom is 0.159 e. The summed E-state index contributed by atoms with van der Waals surface area (Å²) >= 11 is 0. The highest BCUT2D eigenvalue weighted by molar-refractivity contribution is 5.59. The molecule has 5 nitrogen and oxygen atoms in total. The van der Waals surface area contributed by atoms with E-state index in [9.17, 15) is 0 Å². The third kappa shape index (κ3) is 6.08. The minimum Gasteiger partial charge on any atom is -0.496 e. The molecule has 0 N–H and O–H groups in total. The number of nitrogens with zero attached hydrogens (tertiary/aromatic N) is 1. The van der Waals surface area contributed by atoms with Crippen LogP contribution in [0.4, 0.5) is 10.1 Å². The van der Waals surface area contributed by atoms with E-state index in [2.05, 4.69) is 74.2 Å². The molecule has 1 saturated carbocycles. The van der Waals surface area contributed by atoms with Gasteiger partial charge in [-0.1, -0.05) is 36.4 Å². The van der Waals surface area contributed by atoms with Gasteiger partial charge >= 0.3 is 0 Å². The topological polar surface area (TPSA) is 40.2 Å². The van der Waals surface area contributed by atoms with Crippen molar-refractivity contribution in [2.75, 3.05) is 39.3 Å². The lowest BCUT2D eigenvalue weighted by atomic mass is 9.57. The van der Waals surface area contributed by atoms with Gasteiger partial charge in [0.15, 0.2) is 6.29 Å². The second-order valence-electron chi connectivity index (χ2n) is 14.1. The highest BCUT2D eigenvalue weighted by Gasteiger charge is 2.49. The molecule has 1 aliphatic heterocycles. The molecule has 44 heavy (non-hydrogen) atoms. The predicted molar refractivity (Wildman–Crippen MR) is 174 cm³/mol. The number of methoxy groups -OCH3 is 3. The summed E-state index contributed by atoms with van der Waals surface area (Å²) in [5.41, 5.74) is 5.36. The van der Waals surface area contributed by atoms with Gasteiger partial charge in [0.2, 0.25) is 0 Å². The normalized spacial score (nSPS) is 21.7. The molecule has 1 saturated heterocycles. The van der Waals surface area contributed by atoms with Crippen LogP contribution in [0, 0.1) is 17.2 Å². The Kier molecular flexibility index (Phi) is 8.69. The Morgan fingerprint density at radius 1 is 0.886 bits per heavy atom. The molecule has 2 atom stereocenters. The van der Waals surface area contributed by atoms with Crippen LogP contribution in [0.1, 0.15) is 87.0 Å². The Morgan fingerprint density at radius 3 is 2.23 bits per heavy atom. The van der Waals surface area contributed by atoms with E-state index in [1.54, 1.807) is 27.4 Å². The molecular weight excluding hydrogens is 553 g/mol. The van der Waals surface area contributed by atoms with Gasteiger partial charge < -0.3 is 23.8 Å². The predicted octanol–water partition coefficient (Wildman–Crippen LogP) is 8.49. The molecule has 0 radical (unpaired) electrons. The maximum absolute atomic E-state index is 16.3. The van der Waals surface area contributed by atoms with E-state index in [1.165, 1.54) is 16.7 Å². The van der Waals surface area contributed by atoms with E-state index >= 15 is 4.39 Å². The van der Waals surface area contributed by atoms with Gasteiger partial charge in [0.25, 0.3) is 0 Å². The molecule has 2 aliphatic carbocycles. The van der Waals surface area contributed by atoms with Crippen molar-refractivity contribution in [3.8, 4) is 11.5 Å². The summed E-state index contributed by atoms with van der Waals surface area (Å²) in [6, 6.07) is 20.8. The highest BCUT2D eigenvalue weighted by atomic mass is 19.1. The molecule has 236 valence electrons. The van der Waals surface area contributed by atoms with Crippen LogP contribution in [0.2, 0.25) is 0 Å². The number of piperidine rings is 1. The molecule has 1 heterocycles. The van der Waals surface area contributed by atoms with Gasteiger partial charge in [0.05, 0.1) is 12.8 Å². The second-order valence-corrected chi connectivity index (χ2v) is 14.1. The minimum atomic E-state index is -0.276. The van der Waals surface area contributed by atoms with E-state index in [1.807, 2.05) is 6.07 Å². The Morgan fingerprint density at radius 2 is 1.59 bits per heavy atom. The monoisotopic (exact) mass is 601 g/mol. The van der Waals surface area contributed by atoms with Gasteiger partial charge in [-0.25, -0.2) is 4.39 Å². The molecule has 6 rings (SSSR count). The van der Waals surface area contributed by atoms with Crippen LogP contribution >= 0.6 is 0 Å². The van der Waals surface area contributed by atoms with Crippen molar-refractivity contribution < 1.29 is 23.3 Å². The molecule has 2 fully saturated rings. The standard InChI is InChI=1S/C38H48FNO4/c1-37(2,3)44-28-13-15-30-26(20-28)12-14-29(25-10-8-7-9-11-25)35(30)31-21-32(39)33(22-34(31)41-4)40-18-16-38(17-19-40)23-27(24-38)36(42-5)43-6/h7-11,13,15,20-22,27,29,35-36H,12,14,16-19,23-24H2,1-6H3/t29-,35+/m1/s1. The van der Waals surface area contributed by atoms with Crippen LogP contribution in [0.5, 0.6) is 11.5 Å². The molecule has 0 bridgehead atoms. The first-order valence-corrected chi connectivity index (χ1v) is 16.2. The fourth-order valence-electron chi connectivity index (χ4n) is 8.23. The first-order valence-electron chi connectivity index (χ1n) is 16.2. The molecule has 6 heteroatoms. The average molecular weight is 602 g/mol. The van der Waals surface area contributed by atoms with Gasteiger partial charge in [-0.05, 0) is 106 Å². The summed E-state index contributed by atoms with van der Waals surface area (Å²) in [6.07, 6.45) is 6.12. The lowest BCUT2D eigenvalue weighted by Crippen LogP contribution is -2.50. The number of halogens is 1.